The van der Waals surface area contributed by atoms with Crippen molar-refractivity contribution in [1.82, 2.24) is 9.80 Å². The highest BCUT2D eigenvalue weighted by Crippen LogP contribution is 2.39. The number of nitrogens with zero attached hydrogens (tertiary/aromatic N) is 2. The molecule has 1 unspecified atom stereocenters. The van der Waals surface area contributed by atoms with Crippen LogP contribution in [0.2, 0.25) is 0 Å². The van der Waals surface area contributed by atoms with Crippen molar-refractivity contribution in [1.29, 1.82) is 0 Å². The largest absolute Gasteiger partial charge is 0.507 e. The first kappa shape index (κ1) is 25.9. The Balaban J connectivity index is 1.69. The van der Waals surface area contributed by atoms with E-state index in [1.54, 1.807) is 23.1 Å². The second-order valence-electron chi connectivity index (χ2n) is 9.27. The van der Waals surface area contributed by atoms with Crippen LogP contribution in [0.1, 0.15) is 49.4 Å². The van der Waals surface area contributed by atoms with Crippen LogP contribution < -0.4 is 4.74 Å². The van der Waals surface area contributed by atoms with E-state index in [1.807, 2.05) is 30.3 Å². The van der Waals surface area contributed by atoms with Crippen LogP contribution in [0.15, 0.2) is 54.1 Å². The molecule has 0 saturated carbocycles. The predicted molar refractivity (Wildman–Crippen MR) is 139 cm³/mol. The quantitative estimate of drug-likeness (QED) is 0.232. The molecule has 4 rings (SSSR count). The van der Waals surface area contributed by atoms with Gasteiger partial charge in [-0.05, 0) is 36.1 Å². The Morgan fingerprint density at radius 1 is 1.06 bits per heavy atom. The average molecular weight is 493 g/mol. The van der Waals surface area contributed by atoms with Crippen molar-refractivity contribution in [2.75, 3.05) is 46.0 Å². The third kappa shape index (κ3) is 5.79. The van der Waals surface area contributed by atoms with Gasteiger partial charge in [-0.25, -0.2) is 0 Å². The van der Waals surface area contributed by atoms with Gasteiger partial charge in [0, 0.05) is 31.7 Å². The first-order valence-corrected chi connectivity index (χ1v) is 12.9. The molecule has 2 fully saturated rings. The zero-order chi connectivity index (χ0) is 25.5. The zero-order valence-electron chi connectivity index (χ0n) is 21.2. The number of aryl methyl sites for hydroxylation is 1. The number of aliphatic hydroxyl groups is 1. The minimum atomic E-state index is -0.656. The van der Waals surface area contributed by atoms with Gasteiger partial charge in [-0.2, -0.15) is 0 Å². The van der Waals surface area contributed by atoms with Gasteiger partial charge in [-0.1, -0.05) is 56.7 Å². The number of morpholine rings is 1. The summed E-state index contributed by atoms with van der Waals surface area (Å²) in [4.78, 5) is 30.4. The van der Waals surface area contributed by atoms with Crippen LogP contribution in [-0.4, -0.2) is 72.6 Å². The number of amides is 1. The molecule has 192 valence electrons. The summed E-state index contributed by atoms with van der Waals surface area (Å²) in [6, 6.07) is 14.4. The molecule has 0 aromatic heterocycles. The molecule has 2 aliphatic heterocycles. The molecule has 0 aliphatic carbocycles. The molecule has 1 amide bonds. The normalized spacial score (nSPS) is 20.2. The number of unbranched alkanes of at least 4 members (excludes halogenated alkanes) is 1. The van der Waals surface area contributed by atoms with Gasteiger partial charge in [0.1, 0.15) is 11.5 Å². The highest BCUT2D eigenvalue weighted by molar-refractivity contribution is 6.46. The fourth-order valence-electron chi connectivity index (χ4n) is 4.69. The Morgan fingerprint density at radius 2 is 1.81 bits per heavy atom. The Hall–Kier alpha value is -3.16. The molecule has 2 heterocycles. The van der Waals surface area contributed by atoms with Gasteiger partial charge in [0.15, 0.2) is 0 Å². The second-order valence-corrected chi connectivity index (χ2v) is 9.27. The summed E-state index contributed by atoms with van der Waals surface area (Å²) in [6.45, 7) is 8.71. The third-order valence-corrected chi connectivity index (χ3v) is 6.88. The number of likely N-dealkylation sites (tertiary alicyclic amines) is 1. The Bertz CT molecular complexity index is 1090. The van der Waals surface area contributed by atoms with Crippen molar-refractivity contribution in [3.8, 4) is 5.75 Å². The highest BCUT2D eigenvalue weighted by atomic mass is 16.5. The van der Waals surface area contributed by atoms with Gasteiger partial charge in [0.2, 0.25) is 0 Å². The molecular weight excluding hydrogens is 456 g/mol. The van der Waals surface area contributed by atoms with Crippen LogP contribution in [0.4, 0.5) is 0 Å². The number of ketones is 1. The van der Waals surface area contributed by atoms with Gasteiger partial charge >= 0.3 is 0 Å². The Labute approximate surface area is 213 Å². The lowest BCUT2D eigenvalue weighted by Gasteiger charge is -2.31. The van der Waals surface area contributed by atoms with Gasteiger partial charge < -0.3 is 19.5 Å². The Kier molecular flexibility index (Phi) is 8.78. The standard InChI is InChI=1S/C29H36N2O5/c1-3-5-17-36-24-8-6-7-23(20-24)27(32)25-26(22-11-9-21(4-2)10-12-22)31(29(34)28(25)33)14-13-30-15-18-35-19-16-30/h6-12,20,26,32H,3-5,13-19H2,1-2H3/b27-25+. The van der Waals surface area contributed by atoms with Crippen molar-refractivity contribution < 1.29 is 24.2 Å². The van der Waals surface area contributed by atoms with E-state index in [9.17, 15) is 14.7 Å². The van der Waals surface area contributed by atoms with Crippen molar-refractivity contribution in [3.63, 3.8) is 0 Å². The molecule has 0 spiro atoms. The number of carbonyl (C=O) groups excluding carboxylic acids is 2. The van der Waals surface area contributed by atoms with Crippen LogP contribution in [0.25, 0.3) is 5.76 Å². The van der Waals surface area contributed by atoms with E-state index in [0.717, 1.165) is 37.9 Å². The average Bonchev–Trinajstić information content (AvgIpc) is 3.17. The number of aliphatic hydroxyl groups excluding tert-OH is 1. The lowest BCUT2D eigenvalue weighted by atomic mass is 9.94. The Morgan fingerprint density at radius 3 is 2.50 bits per heavy atom. The SMILES string of the molecule is CCCCOc1cccc(/C(O)=C2\C(=O)C(=O)N(CCN3CCOCC3)C2c2ccc(CC)cc2)c1. The fourth-order valence-corrected chi connectivity index (χ4v) is 4.69. The highest BCUT2D eigenvalue weighted by Gasteiger charge is 2.46. The minimum absolute atomic E-state index is 0.122. The molecule has 0 bridgehead atoms. The molecule has 2 aliphatic rings. The van der Waals surface area contributed by atoms with Gasteiger partial charge in [0.05, 0.1) is 31.4 Å². The van der Waals surface area contributed by atoms with E-state index < -0.39 is 17.7 Å². The molecule has 36 heavy (non-hydrogen) atoms. The number of ether oxygens (including phenoxy) is 2. The van der Waals surface area contributed by atoms with Crippen LogP contribution >= 0.6 is 0 Å². The van der Waals surface area contributed by atoms with Crippen LogP contribution in [-0.2, 0) is 20.7 Å². The molecule has 2 saturated heterocycles. The number of hydrogen-bond donors (Lipinski definition) is 1. The first-order chi connectivity index (χ1) is 17.5. The molecule has 7 nitrogen and oxygen atoms in total. The molecule has 1 N–H and O–H groups in total. The summed E-state index contributed by atoms with van der Waals surface area (Å²) in [7, 11) is 0. The summed E-state index contributed by atoms with van der Waals surface area (Å²) < 4.78 is 11.2. The summed E-state index contributed by atoms with van der Waals surface area (Å²) in [6.07, 6.45) is 2.84. The number of benzene rings is 2. The van der Waals surface area contributed by atoms with E-state index in [2.05, 4.69) is 18.7 Å². The third-order valence-electron chi connectivity index (χ3n) is 6.88. The molecule has 2 aromatic carbocycles. The van der Waals surface area contributed by atoms with E-state index in [-0.39, 0.29) is 11.3 Å². The van der Waals surface area contributed by atoms with Crippen molar-refractivity contribution in [2.45, 2.75) is 39.2 Å². The van der Waals surface area contributed by atoms with Crippen LogP contribution in [0, 0.1) is 0 Å². The van der Waals surface area contributed by atoms with E-state index in [0.29, 0.717) is 44.2 Å². The summed E-state index contributed by atoms with van der Waals surface area (Å²) in [5.41, 5.74) is 2.56. The summed E-state index contributed by atoms with van der Waals surface area (Å²) >= 11 is 0. The van der Waals surface area contributed by atoms with Gasteiger partial charge in [-0.15, -0.1) is 0 Å². The monoisotopic (exact) mass is 492 g/mol. The smallest absolute Gasteiger partial charge is 0.295 e. The van der Waals surface area contributed by atoms with Crippen molar-refractivity contribution in [2.24, 2.45) is 0 Å². The summed E-state index contributed by atoms with van der Waals surface area (Å²) in [5.74, 6) is -0.785. The molecule has 7 heteroatoms. The zero-order valence-corrected chi connectivity index (χ0v) is 21.2. The van der Waals surface area contributed by atoms with E-state index in [4.69, 9.17) is 9.47 Å². The molecule has 1 atom stereocenters. The van der Waals surface area contributed by atoms with Crippen LogP contribution in [0.5, 0.6) is 5.75 Å². The van der Waals surface area contributed by atoms with E-state index >= 15 is 0 Å². The van der Waals surface area contributed by atoms with Gasteiger partial charge in [-0.3, -0.25) is 14.5 Å². The lowest BCUT2D eigenvalue weighted by molar-refractivity contribution is -0.140. The fraction of sp³-hybridized carbons (Fsp3) is 0.448. The minimum Gasteiger partial charge on any atom is -0.507 e. The van der Waals surface area contributed by atoms with Crippen molar-refractivity contribution >= 4 is 17.4 Å². The first-order valence-electron chi connectivity index (χ1n) is 12.9. The molecule has 0 radical (unpaired) electrons. The molecule has 2 aromatic rings. The van der Waals surface area contributed by atoms with Gasteiger partial charge in [0.25, 0.3) is 11.7 Å². The van der Waals surface area contributed by atoms with Crippen LogP contribution in [0.3, 0.4) is 0 Å². The van der Waals surface area contributed by atoms with E-state index in [1.165, 1.54) is 5.56 Å². The lowest BCUT2D eigenvalue weighted by Crippen LogP contribution is -2.42. The number of Topliss-reactive ketones (excluding diaryl/α,β-unsaturated/α-hetero) is 1. The maximum absolute atomic E-state index is 13.3. The topological polar surface area (TPSA) is 79.3 Å². The molecular formula is C29H36N2O5. The number of carbonyl (C=O) groups is 2. The maximum Gasteiger partial charge on any atom is 0.295 e. The number of rotatable bonds is 10. The van der Waals surface area contributed by atoms with Crippen molar-refractivity contribution in [3.05, 3.63) is 70.8 Å². The predicted octanol–water partition coefficient (Wildman–Crippen LogP) is 4.18. The summed E-state index contributed by atoms with van der Waals surface area (Å²) in [5, 5.41) is 11.4. The maximum atomic E-state index is 13.3. The number of hydrogen-bond acceptors (Lipinski definition) is 6. The second kappa shape index (κ2) is 12.2.